The Kier molecular flexibility index (Phi) is 3.56. The van der Waals surface area contributed by atoms with Gasteiger partial charge in [0.2, 0.25) is 0 Å². The minimum Gasteiger partial charge on any atom is -0.329 e. The van der Waals surface area contributed by atoms with Gasteiger partial charge < -0.3 is 5.73 Å². The molecule has 88 valence electrons. The molecule has 0 radical (unpaired) electrons. The van der Waals surface area contributed by atoms with Gasteiger partial charge in [-0.2, -0.15) is 0 Å². The maximum absolute atomic E-state index is 5.87. The van der Waals surface area contributed by atoms with Gasteiger partial charge in [-0.25, -0.2) is 0 Å². The topological polar surface area (TPSA) is 42.1 Å². The summed E-state index contributed by atoms with van der Waals surface area (Å²) in [6.07, 6.45) is 5.10. The summed E-state index contributed by atoms with van der Waals surface area (Å²) in [6, 6.07) is 4.39. The Balaban J connectivity index is 1.98. The van der Waals surface area contributed by atoms with E-state index >= 15 is 0 Å². The minimum absolute atomic E-state index is 0.307. The summed E-state index contributed by atoms with van der Waals surface area (Å²) >= 11 is 0. The molecule has 2 N–H and O–H groups in total. The molecule has 1 aromatic heterocycles. The Labute approximate surface area is 97.7 Å². The van der Waals surface area contributed by atoms with Crippen molar-refractivity contribution >= 4 is 0 Å². The monoisotopic (exact) mass is 219 g/mol. The Morgan fingerprint density at radius 2 is 2.38 bits per heavy atom. The zero-order valence-electron chi connectivity index (χ0n) is 10.1. The van der Waals surface area contributed by atoms with E-state index < -0.39 is 0 Å². The van der Waals surface area contributed by atoms with Crippen molar-refractivity contribution < 1.29 is 0 Å². The smallest absolute Gasteiger partial charge is 0.0482 e. The van der Waals surface area contributed by atoms with Crippen LogP contribution in [0.4, 0.5) is 0 Å². The second-order valence-corrected chi connectivity index (χ2v) is 4.95. The fourth-order valence-electron chi connectivity index (χ4n) is 2.29. The second kappa shape index (κ2) is 4.93. The first-order valence-corrected chi connectivity index (χ1v) is 6.02. The average molecular weight is 219 g/mol. The van der Waals surface area contributed by atoms with Gasteiger partial charge in [0, 0.05) is 31.5 Å². The van der Waals surface area contributed by atoms with Crippen LogP contribution in [0.5, 0.6) is 0 Å². The van der Waals surface area contributed by atoms with Crippen LogP contribution in [-0.2, 0) is 0 Å². The van der Waals surface area contributed by atoms with Crippen LogP contribution in [0.15, 0.2) is 24.5 Å². The first kappa shape index (κ1) is 11.6. The number of aromatic nitrogens is 1. The lowest BCUT2D eigenvalue weighted by molar-refractivity contribution is 0.236. The first-order valence-electron chi connectivity index (χ1n) is 6.02. The third-order valence-electron chi connectivity index (χ3n) is 3.62. The van der Waals surface area contributed by atoms with Gasteiger partial charge in [-0.3, -0.25) is 9.88 Å². The van der Waals surface area contributed by atoms with Gasteiger partial charge in [0.05, 0.1) is 0 Å². The van der Waals surface area contributed by atoms with Crippen molar-refractivity contribution in [2.24, 2.45) is 17.6 Å². The van der Waals surface area contributed by atoms with Crippen LogP contribution < -0.4 is 5.73 Å². The molecule has 1 fully saturated rings. The standard InChI is InChI=1S/C13H21N3/c1-10-6-12(10)9-16(2)13(7-14)11-4-3-5-15-8-11/h3-5,8,10,12-13H,6-7,9,14H2,1-2H3. The van der Waals surface area contributed by atoms with Crippen molar-refractivity contribution in [1.82, 2.24) is 9.88 Å². The molecule has 3 heteroatoms. The van der Waals surface area contributed by atoms with E-state index in [0.717, 1.165) is 18.4 Å². The van der Waals surface area contributed by atoms with Crippen LogP contribution in [-0.4, -0.2) is 30.0 Å². The first-order chi connectivity index (χ1) is 7.72. The van der Waals surface area contributed by atoms with Gasteiger partial charge in [-0.05, 0) is 36.9 Å². The Bertz CT molecular complexity index is 325. The molecule has 0 spiro atoms. The number of hydrogen-bond acceptors (Lipinski definition) is 3. The highest BCUT2D eigenvalue weighted by Crippen LogP contribution is 2.39. The third-order valence-corrected chi connectivity index (χ3v) is 3.62. The summed E-state index contributed by atoms with van der Waals surface area (Å²) in [5, 5.41) is 0. The van der Waals surface area contributed by atoms with E-state index in [1.54, 1.807) is 6.20 Å². The molecular weight excluding hydrogens is 198 g/mol. The summed E-state index contributed by atoms with van der Waals surface area (Å²) in [5.74, 6) is 1.77. The number of nitrogens with zero attached hydrogens (tertiary/aromatic N) is 2. The summed E-state index contributed by atoms with van der Waals surface area (Å²) in [4.78, 5) is 6.53. The van der Waals surface area contributed by atoms with Gasteiger partial charge in [-0.1, -0.05) is 13.0 Å². The molecule has 0 aliphatic heterocycles. The summed E-state index contributed by atoms with van der Waals surface area (Å²) < 4.78 is 0. The van der Waals surface area contributed by atoms with Crippen molar-refractivity contribution in [3.8, 4) is 0 Å². The van der Waals surface area contributed by atoms with Gasteiger partial charge in [0.25, 0.3) is 0 Å². The van der Waals surface area contributed by atoms with Crippen LogP contribution in [0, 0.1) is 11.8 Å². The lowest BCUT2D eigenvalue weighted by atomic mass is 10.1. The highest BCUT2D eigenvalue weighted by molar-refractivity contribution is 5.14. The van der Waals surface area contributed by atoms with E-state index in [1.165, 1.54) is 12.0 Å². The molecule has 1 aliphatic rings. The number of pyridine rings is 1. The lowest BCUT2D eigenvalue weighted by Crippen LogP contribution is -2.32. The minimum atomic E-state index is 0.307. The molecule has 16 heavy (non-hydrogen) atoms. The van der Waals surface area contributed by atoms with Gasteiger partial charge >= 0.3 is 0 Å². The van der Waals surface area contributed by atoms with Crippen molar-refractivity contribution in [3.63, 3.8) is 0 Å². The maximum Gasteiger partial charge on any atom is 0.0482 e. The fourth-order valence-corrected chi connectivity index (χ4v) is 2.29. The lowest BCUT2D eigenvalue weighted by Gasteiger charge is -2.27. The van der Waals surface area contributed by atoms with Crippen molar-refractivity contribution in [2.75, 3.05) is 20.1 Å². The van der Waals surface area contributed by atoms with Gasteiger partial charge in [0.1, 0.15) is 0 Å². The van der Waals surface area contributed by atoms with E-state index in [9.17, 15) is 0 Å². The molecule has 3 atom stereocenters. The molecule has 0 amide bonds. The van der Waals surface area contributed by atoms with E-state index in [4.69, 9.17) is 5.73 Å². The average Bonchev–Trinajstić information content (AvgIpc) is 2.96. The number of nitrogens with two attached hydrogens (primary N) is 1. The van der Waals surface area contributed by atoms with Crippen molar-refractivity contribution in [1.29, 1.82) is 0 Å². The summed E-state index contributed by atoms with van der Waals surface area (Å²) in [5.41, 5.74) is 7.09. The fraction of sp³-hybridized carbons (Fsp3) is 0.615. The Hall–Kier alpha value is -0.930. The normalized spacial score (nSPS) is 25.8. The SMILES string of the molecule is CC1CC1CN(C)C(CN)c1cccnc1. The molecule has 0 bridgehead atoms. The molecule has 1 saturated carbocycles. The van der Waals surface area contributed by atoms with Crippen LogP contribution in [0.1, 0.15) is 24.9 Å². The van der Waals surface area contributed by atoms with E-state index in [2.05, 4.69) is 29.9 Å². The molecule has 3 nitrogen and oxygen atoms in total. The van der Waals surface area contributed by atoms with Crippen molar-refractivity contribution in [3.05, 3.63) is 30.1 Å². The molecule has 1 aliphatic carbocycles. The molecule has 2 rings (SSSR count). The van der Waals surface area contributed by atoms with Crippen LogP contribution in [0.3, 0.4) is 0 Å². The van der Waals surface area contributed by atoms with Crippen molar-refractivity contribution in [2.45, 2.75) is 19.4 Å². The zero-order chi connectivity index (χ0) is 11.5. The van der Waals surface area contributed by atoms with Gasteiger partial charge in [0.15, 0.2) is 0 Å². The predicted molar refractivity (Wildman–Crippen MR) is 65.9 cm³/mol. The third kappa shape index (κ3) is 2.60. The molecule has 0 aromatic carbocycles. The van der Waals surface area contributed by atoms with Crippen LogP contribution >= 0.6 is 0 Å². The second-order valence-electron chi connectivity index (χ2n) is 4.95. The van der Waals surface area contributed by atoms with Crippen LogP contribution in [0.25, 0.3) is 0 Å². The molecular formula is C13H21N3. The predicted octanol–water partition coefficient (Wildman–Crippen LogP) is 1.67. The van der Waals surface area contributed by atoms with E-state index in [1.807, 2.05) is 12.3 Å². The quantitative estimate of drug-likeness (QED) is 0.819. The largest absolute Gasteiger partial charge is 0.329 e. The summed E-state index contributed by atoms with van der Waals surface area (Å²) in [7, 11) is 2.16. The van der Waals surface area contributed by atoms with E-state index in [-0.39, 0.29) is 0 Å². The van der Waals surface area contributed by atoms with E-state index in [0.29, 0.717) is 12.6 Å². The molecule has 1 aromatic rings. The summed E-state index contributed by atoms with van der Waals surface area (Å²) in [6.45, 7) is 4.13. The Morgan fingerprint density at radius 1 is 1.62 bits per heavy atom. The van der Waals surface area contributed by atoms with Crippen LogP contribution in [0.2, 0.25) is 0 Å². The van der Waals surface area contributed by atoms with Gasteiger partial charge in [-0.15, -0.1) is 0 Å². The number of rotatable bonds is 5. The molecule has 0 saturated heterocycles. The zero-order valence-corrected chi connectivity index (χ0v) is 10.1. The highest BCUT2D eigenvalue weighted by atomic mass is 15.1. The highest BCUT2D eigenvalue weighted by Gasteiger charge is 2.34. The maximum atomic E-state index is 5.87. The number of hydrogen-bond donors (Lipinski definition) is 1. The molecule has 1 heterocycles. The Morgan fingerprint density at radius 3 is 2.88 bits per heavy atom. The molecule has 3 unspecified atom stereocenters. The number of likely N-dealkylation sites (N-methyl/N-ethyl adjacent to an activating group) is 1.